The normalized spacial score (nSPS) is 14.3. The fraction of sp³-hybridized carbons (Fsp3) is 0.444. The zero-order chi connectivity index (χ0) is 13.0. The third-order valence-electron chi connectivity index (χ3n) is 2.09. The zero-order valence-electron chi connectivity index (χ0n) is 8.75. The van der Waals surface area contributed by atoms with E-state index in [2.05, 4.69) is 25.9 Å². The van der Waals surface area contributed by atoms with Gasteiger partial charge in [-0.25, -0.2) is 14.8 Å². The molecule has 0 fully saturated rings. The number of aromatic carboxylic acids is 1. The fourth-order valence-electron chi connectivity index (χ4n) is 1.18. The summed E-state index contributed by atoms with van der Waals surface area (Å²) >= 11 is 3.12. The number of hydrogen-bond acceptors (Lipinski definition) is 6. The largest absolute Gasteiger partial charge is 0.476 e. The lowest BCUT2D eigenvalue weighted by atomic mass is 10.1. The van der Waals surface area contributed by atoms with Gasteiger partial charge in [0.2, 0.25) is 0 Å². The molecule has 0 saturated carbocycles. The molecule has 1 aromatic rings. The Kier molecular flexibility index (Phi) is 4.79. The molecule has 0 aliphatic carbocycles. The molecule has 0 bridgehead atoms. The van der Waals surface area contributed by atoms with E-state index < -0.39 is 23.9 Å². The van der Waals surface area contributed by atoms with Crippen molar-refractivity contribution < 1.29 is 20.1 Å². The summed E-state index contributed by atoms with van der Waals surface area (Å²) in [5.41, 5.74) is 4.86. The number of nitrogens with zero attached hydrogens (tertiary/aromatic N) is 2. The summed E-state index contributed by atoms with van der Waals surface area (Å²) in [5, 5.41) is 28.5. The van der Waals surface area contributed by atoms with Gasteiger partial charge in [0.1, 0.15) is 6.10 Å². The zero-order valence-corrected chi connectivity index (χ0v) is 10.3. The summed E-state index contributed by atoms with van der Waals surface area (Å²) in [6.07, 6.45) is -0.896. The van der Waals surface area contributed by atoms with Crippen LogP contribution in [0.5, 0.6) is 0 Å². The van der Waals surface area contributed by atoms with Gasteiger partial charge in [0.05, 0.1) is 18.0 Å². The SMILES string of the molecule is Nc1ncc(C(O)C(O)CCBr)nc1C(=O)O. The highest BCUT2D eigenvalue weighted by Crippen LogP contribution is 2.18. The molecule has 1 heterocycles. The molecule has 7 nitrogen and oxygen atoms in total. The molecule has 17 heavy (non-hydrogen) atoms. The Morgan fingerprint density at radius 3 is 2.71 bits per heavy atom. The van der Waals surface area contributed by atoms with E-state index in [1.807, 2.05) is 0 Å². The number of carbonyl (C=O) groups is 1. The van der Waals surface area contributed by atoms with Gasteiger partial charge >= 0.3 is 5.97 Å². The van der Waals surface area contributed by atoms with Crippen LogP contribution in [-0.4, -0.2) is 42.7 Å². The van der Waals surface area contributed by atoms with E-state index in [1.54, 1.807) is 0 Å². The Morgan fingerprint density at radius 1 is 1.53 bits per heavy atom. The molecule has 0 aliphatic heterocycles. The summed E-state index contributed by atoms with van der Waals surface area (Å²) in [4.78, 5) is 18.0. The minimum atomic E-state index is -1.33. The second kappa shape index (κ2) is 5.89. The maximum absolute atomic E-state index is 10.8. The number of nitrogen functional groups attached to an aromatic ring is 1. The second-order valence-corrected chi connectivity index (χ2v) is 4.12. The molecular weight excluding hydrogens is 294 g/mol. The first-order valence-corrected chi connectivity index (χ1v) is 5.87. The van der Waals surface area contributed by atoms with Gasteiger partial charge in [0, 0.05) is 5.33 Å². The third kappa shape index (κ3) is 3.35. The quantitative estimate of drug-likeness (QED) is 0.560. The van der Waals surface area contributed by atoms with E-state index in [-0.39, 0.29) is 11.5 Å². The Hall–Kier alpha value is -1.25. The van der Waals surface area contributed by atoms with Gasteiger partial charge in [-0.2, -0.15) is 0 Å². The van der Waals surface area contributed by atoms with Crippen molar-refractivity contribution in [3.63, 3.8) is 0 Å². The predicted molar refractivity (Wildman–Crippen MR) is 62.8 cm³/mol. The van der Waals surface area contributed by atoms with Crippen molar-refractivity contribution in [3.8, 4) is 0 Å². The highest BCUT2D eigenvalue weighted by atomic mass is 79.9. The number of aliphatic hydroxyl groups excluding tert-OH is 2. The van der Waals surface area contributed by atoms with Crippen LogP contribution in [0.25, 0.3) is 0 Å². The maximum atomic E-state index is 10.8. The summed E-state index contributed by atoms with van der Waals surface area (Å²) in [6, 6.07) is 0. The van der Waals surface area contributed by atoms with Gasteiger partial charge in [-0.3, -0.25) is 0 Å². The minimum absolute atomic E-state index is 0.0231. The van der Waals surface area contributed by atoms with Crippen LogP contribution in [-0.2, 0) is 0 Å². The molecule has 8 heteroatoms. The Labute approximate surface area is 105 Å². The highest BCUT2D eigenvalue weighted by molar-refractivity contribution is 9.09. The van der Waals surface area contributed by atoms with Crippen LogP contribution in [0.3, 0.4) is 0 Å². The van der Waals surface area contributed by atoms with Crippen molar-refractivity contribution >= 4 is 27.7 Å². The number of aromatic nitrogens is 2. The van der Waals surface area contributed by atoms with E-state index in [9.17, 15) is 15.0 Å². The molecular formula is C9H12BrN3O4. The van der Waals surface area contributed by atoms with Crippen LogP contribution in [0, 0.1) is 0 Å². The molecule has 1 aromatic heterocycles. The lowest BCUT2D eigenvalue weighted by Crippen LogP contribution is -2.21. The minimum Gasteiger partial charge on any atom is -0.476 e. The summed E-state index contributed by atoms with van der Waals surface area (Å²) in [5.74, 6) is -1.57. The van der Waals surface area contributed by atoms with Gasteiger partial charge < -0.3 is 21.1 Å². The van der Waals surface area contributed by atoms with Crippen LogP contribution in [0.2, 0.25) is 0 Å². The Morgan fingerprint density at radius 2 is 2.18 bits per heavy atom. The molecule has 2 unspecified atom stereocenters. The average Bonchev–Trinajstić information content (AvgIpc) is 2.28. The number of nitrogens with two attached hydrogens (primary N) is 1. The molecule has 0 saturated heterocycles. The van der Waals surface area contributed by atoms with Crippen LogP contribution in [0.1, 0.15) is 28.7 Å². The van der Waals surface area contributed by atoms with E-state index >= 15 is 0 Å². The number of carboxylic acid groups (broad SMARTS) is 1. The second-order valence-electron chi connectivity index (χ2n) is 3.32. The van der Waals surface area contributed by atoms with E-state index in [4.69, 9.17) is 10.8 Å². The fourth-order valence-corrected chi connectivity index (χ4v) is 1.65. The smallest absolute Gasteiger partial charge is 0.358 e. The number of alkyl halides is 1. The Bertz CT molecular complexity index is 415. The van der Waals surface area contributed by atoms with Crippen LogP contribution in [0.4, 0.5) is 5.82 Å². The Balaban J connectivity index is 2.99. The number of halogens is 1. The molecule has 2 atom stereocenters. The van der Waals surface area contributed by atoms with Crippen molar-refractivity contribution in [2.45, 2.75) is 18.6 Å². The van der Waals surface area contributed by atoms with Gasteiger partial charge in [-0.05, 0) is 6.42 Å². The maximum Gasteiger partial charge on any atom is 0.358 e. The third-order valence-corrected chi connectivity index (χ3v) is 2.55. The first-order chi connectivity index (χ1) is 7.97. The van der Waals surface area contributed by atoms with Gasteiger partial charge in [0.25, 0.3) is 0 Å². The number of aliphatic hydroxyl groups is 2. The molecule has 0 amide bonds. The van der Waals surface area contributed by atoms with Crippen molar-refractivity contribution in [3.05, 3.63) is 17.6 Å². The van der Waals surface area contributed by atoms with Gasteiger partial charge in [0.15, 0.2) is 11.5 Å². The first-order valence-electron chi connectivity index (χ1n) is 4.75. The van der Waals surface area contributed by atoms with Gasteiger partial charge in [-0.1, -0.05) is 15.9 Å². The summed E-state index contributed by atoms with van der Waals surface area (Å²) in [7, 11) is 0. The molecule has 1 rings (SSSR count). The number of rotatable bonds is 5. The molecule has 0 radical (unpaired) electrons. The molecule has 0 aliphatic rings. The molecule has 0 spiro atoms. The lowest BCUT2D eigenvalue weighted by Gasteiger charge is -2.16. The van der Waals surface area contributed by atoms with Crippen molar-refractivity contribution in [2.75, 3.05) is 11.1 Å². The van der Waals surface area contributed by atoms with E-state index in [0.29, 0.717) is 11.8 Å². The van der Waals surface area contributed by atoms with Crippen molar-refractivity contribution in [1.82, 2.24) is 9.97 Å². The number of carboxylic acids is 1. The molecule has 5 N–H and O–H groups in total. The molecule has 0 aromatic carbocycles. The summed E-state index contributed by atoms with van der Waals surface area (Å²) in [6.45, 7) is 0. The van der Waals surface area contributed by atoms with Crippen LogP contribution in [0.15, 0.2) is 6.20 Å². The standard InChI is InChI=1S/C9H12BrN3O4/c10-2-1-5(14)7(15)4-3-12-8(11)6(13-4)9(16)17/h3,5,7,14-15H,1-2H2,(H2,11,12)(H,16,17). The predicted octanol–water partition coefficient (Wildman–Crippen LogP) is -0.0637. The van der Waals surface area contributed by atoms with E-state index in [0.717, 1.165) is 6.20 Å². The van der Waals surface area contributed by atoms with Crippen LogP contribution < -0.4 is 5.73 Å². The van der Waals surface area contributed by atoms with Crippen molar-refractivity contribution in [2.24, 2.45) is 0 Å². The number of anilines is 1. The lowest BCUT2D eigenvalue weighted by molar-refractivity contribution is 0.0144. The topological polar surface area (TPSA) is 130 Å². The van der Waals surface area contributed by atoms with Gasteiger partial charge in [-0.15, -0.1) is 0 Å². The number of hydrogen-bond donors (Lipinski definition) is 4. The summed E-state index contributed by atoms with van der Waals surface area (Å²) < 4.78 is 0. The molecule has 94 valence electrons. The monoisotopic (exact) mass is 305 g/mol. The first kappa shape index (κ1) is 13.8. The van der Waals surface area contributed by atoms with E-state index in [1.165, 1.54) is 0 Å². The van der Waals surface area contributed by atoms with Crippen molar-refractivity contribution in [1.29, 1.82) is 0 Å². The van der Waals surface area contributed by atoms with Crippen LogP contribution >= 0.6 is 15.9 Å². The highest BCUT2D eigenvalue weighted by Gasteiger charge is 2.22. The average molecular weight is 306 g/mol.